The predicted molar refractivity (Wildman–Crippen MR) is 85.2 cm³/mol. The fourth-order valence-electron chi connectivity index (χ4n) is 1.93. The number of ether oxygens (including phenoxy) is 1. The average molecular weight is 306 g/mol. The van der Waals surface area contributed by atoms with Crippen LogP contribution in [0.25, 0.3) is 0 Å². The molecular weight excluding hydrogens is 288 g/mol. The summed E-state index contributed by atoms with van der Waals surface area (Å²) in [6.45, 7) is 6.55. The predicted octanol–water partition coefficient (Wildman–Crippen LogP) is 4.36. The van der Waals surface area contributed by atoms with Gasteiger partial charge in [0.1, 0.15) is 5.75 Å². The fourth-order valence-corrected chi connectivity index (χ4v) is 2.66. The Labute approximate surface area is 127 Å². The number of hydrogen-bond donors (Lipinski definition) is 1. The Morgan fingerprint density at radius 1 is 1.38 bits per heavy atom. The van der Waals surface area contributed by atoms with E-state index in [1.165, 1.54) is 0 Å². The van der Waals surface area contributed by atoms with E-state index in [1.54, 1.807) is 11.4 Å². The van der Waals surface area contributed by atoms with Gasteiger partial charge in [0, 0.05) is 23.7 Å². The highest BCUT2D eigenvalue weighted by molar-refractivity contribution is 7.13. The molecule has 0 saturated heterocycles. The van der Waals surface area contributed by atoms with Crippen molar-refractivity contribution in [3.05, 3.63) is 50.9 Å². The zero-order valence-electron chi connectivity index (χ0n) is 12.3. The molecule has 2 rings (SSSR count). The molecule has 0 spiro atoms. The van der Waals surface area contributed by atoms with E-state index in [0.717, 1.165) is 33.9 Å². The summed E-state index contributed by atoms with van der Waals surface area (Å²) < 4.78 is 5.64. The van der Waals surface area contributed by atoms with E-state index in [4.69, 9.17) is 4.74 Å². The molecule has 0 aliphatic heterocycles. The van der Waals surface area contributed by atoms with Gasteiger partial charge in [-0.2, -0.15) is 0 Å². The van der Waals surface area contributed by atoms with Gasteiger partial charge in [0.2, 0.25) is 0 Å². The Hall–Kier alpha value is -2.08. The van der Waals surface area contributed by atoms with Gasteiger partial charge in [0.25, 0.3) is 0 Å². The minimum absolute atomic E-state index is 0.148. The molecule has 21 heavy (non-hydrogen) atoms. The first-order valence-electron chi connectivity index (χ1n) is 6.68. The topological polar surface area (TPSA) is 64.4 Å². The molecule has 1 N–H and O–H groups in total. The maximum atomic E-state index is 10.6. The number of nitro groups is 1. The molecule has 112 valence electrons. The van der Waals surface area contributed by atoms with Crippen molar-refractivity contribution in [1.82, 2.24) is 0 Å². The van der Waals surface area contributed by atoms with Gasteiger partial charge in [-0.1, -0.05) is 11.3 Å². The molecule has 0 bridgehead atoms. The molecule has 0 atom stereocenters. The lowest BCUT2D eigenvalue weighted by Gasteiger charge is -2.13. The zero-order valence-corrected chi connectivity index (χ0v) is 13.1. The monoisotopic (exact) mass is 306 g/mol. The Balaban J connectivity index is 2.00. The van der Waals surface area contributed by atoms with E-state index in [1.807, 2.05) is 39.0 Å². The van der Waals surface area contributed by atoms with Crippen molar-refractivity contribution < 1.29 is 9.66 Å². The van der Waals surface area contributed by atoms with Crippen LogP contribution in [0.2, 0.25) is 0 Å². The Morgan fingerprint density at radius 2 is 2.14 bits per heavy atom. The first kappa shape index (κ1) is 15.3. The highest BCUT2D eigenvalue weighted by Gasteiger charge is 2.09. The standard InChI is InChI=1S/C15H18N2O3S/c1-10(2)20-13-4-5-14(11(3)6-13)16-8-12-7-15(17(18)19)21-9-12/h4-7,9-10,16H,8H2,1-3H3. The molecule has 6 heteroatoms. The Morgan fingerprint density at radius 3 is 2.71 bits per heavy atom. The number of benzene rings is 1. The lowest BCUT2D eigenvalue weighted by atomic mass is 10.2. The number of rotatable bonds is 6. The van der Waals surface area contributed by atoms with Gasteiger partial charge in [-0.05, 0) is 50.1 Å². The molecular formula is C15H18N2O3S. The van der Waals surface area contributed by atoms with Crippen LogP contribution >= 0.6 is 11.3 Å². The highest BCUT2D eigenvalue weighted by atomic mass is 32.1. The van der Waals surface area contributed by atoms with E-state index in [9.17, 15) is 10.1 Å². The lowest BCUT2D eigenvalue weighted by Crippen LogP contribution is -2.06. The molecule has 0 unspecified atom stereocenters. The number of aryl methyl sites for hydroxylation is 1. The molecule has 0 aliphatic rings. The Kier molecular flexibility index (Phi) is 4.80. The second-order valence-electron chi connectivity index (χ2n) is 5.05. The summed E-state index contributed by atoms with van der Waals surface area (Å²) in [6.07, 6.45) is 0.148. The number of nitrogens with one attached hydrogen (secondary N) is 1. The molecule has 1 aromatic heterocycles. The third kappa shape index (κ3) is 4.19. The van der Waals surface area contributed by atoms with Gasteiger partial charge < -0.3 is 10.1 Å². The number of hydrogen-bond acceptors (Lipinski definition) is 5. The smallest absolute Gasteiger partial charge is 0.324 e. The first-order valence-corrected chi connectivity index (χ1v) is 7.56. The summed E-state index contributed by atoms with van der Waals surface area (Å²) in [7, 11) is 0. The van der Waals surface area contributed by atoms with Crippen LogP contribution in [0.15, 0.2) is 29.6 Å². The van der Waals surface area contributed by atoms with E-state index in [0.29, 0.717) is 6.54 Å². The maximum Gasteiger partial charge on any atom is 0.324 e. The van der Waals surface area contributed by atoms with Gasteiger partial charge in [-0.25, -0.2) is 0 Å². The second-order valence-corrected chi connectivity index (χ2v) is 5.94. The second kappa shape index (κ2) is 6.58. The van der Waals surface area contributed by atoms with Gasteiger partial charge in [0.05, 0.1) is 11.0 Å². The van der Waals surface area contributed by atoms with Crippen molar-refractivity contribution in [3.63, 3.8) is 0 Å². The minimum Gasteiger partial charge on any atom is -0.491 e. The van der Waals surface area contributed by atoms with E-state index < -0.39 is 0 Å². The van der Waals surface area contributed by atoms with Gasteiger partial charge in [-0.3, -0.25) is 10.1 Å². The quantitative estimate of drug-likeness (QED) is 0.636. The van der Waals surface area contributed by atoms with Crippen LogP contribution in [0.3, 0.4) is 0 Å². The van der Waals surface area contributed by atoms with Crippen molar-refractivity contribution in [1.29, 1.82) is 0 Å². The average Bonchev–Trinajstić information content (AvgIpc) is 2.86. The number of thiophene rings is 1. The third-order valence-electron chi connectivity index (χ3n) is 2.87. The molecule has 0 radical (unpaired) electrons. The normalized spacial score (nSPS) is 10.7. The van der Waals surface area contributed by atoms with Crippen LogP contribution in [-0.2, 0) is 6.54 Å². The molecule has 0 saturated carbocycles. The van der Waals surface area contributed by atoms with Crippen molar-refractivity contribution >= 4 is 22.0 Å². The van der Waals surface area contributed by atoms with E-state index >= 15 is 0 Å². The summed E-state index contributed by atoms with van der Waals surface area (Å²) in [5.74, 6) is 0.847. The highest BCUT2D eigenvalue weighted by Crippen LogP contribution is 2.25. The molecule has 5 nitrogen and oxygen atoms in total. The van der Waals surface area contributed by atoms with Crippen LogP contribution in [0.5, 0.6) is 5.75 Å². The van der Waals surface area contributed by atoms with Crippen molar-refractivity contribution in [2.75, 3.05) is 5.32 Å². The third-order valence-corrected chi connectivity index (χ3v) is 3.80. The number of anilines is 1. The largest absolute Gasteiger partial charge is 0.491 e. The fraction of sp³-hybridized carbons (Fsp3) is 0.333. The van der Waals surface area contributed by atoms with E-state index in [2.05, 4.69) is 5.32 Å². The van der Waals surface area contributed by atoms with Crippen LogP contribution in [0.4, 0.5) is 10.7 Å². The SMILES string of the molecule is Cc1cc(OC(C)C)ccc1NCc1csc([N+](=O)[O-])c1. The van der Waals surface area contributed by atoms with Crippen LogP contribution in [0.1, 0.15) is 25.0 Å². The minimum atomic E-state index is -0.364. The number of nitrogens with zero attached hydrogens (tertiary/aromatic N) is 1. The van der Waals surface area contributed by atoms with Crippen LogP contribution in [-0.4, -0.2) is 11.0 Å². The van der Waals surface area contributed by atoms with Crippen molar-refractivity contribution in [2.45, 2.75) is 33.4 Å². The van der Waals surface area contributed by atoms with Crippen LogP contribution < -0.4 is 10.1 Å². The zero-order chi connectivity index (χ0) is 15.4. The van der Waals surface area contributed by atoms with Crippen molar-refractivity contribution in [2.24, 2.45) is 0 Å². The van der Waals surface area contributed by atoms with Crippen LogP contribution in [0, 0.1) is 17.0 Å². The molecule has 1 aromatic carbocycles. The van der Waals surface area contributed by atoms with Gasteiger partial charge in [-0.15, -0.1) is 0 Å². The van der Waals surface area contributed by atoms with E-state index in [-0.39, 0.29) is 16.0 Å². The molecule has 0 fully saturated rings. The summed E-state index contributed by atoms with van der Waals surface area (Å²) in [6, 6.07) is 7.47. The molecule has 0 aliphatic carbocycles. The summed E-state index contributed by atoms with van der Waals surface area (Å²) in [4.78, 5) is 10.3. The summed E-state index contributed by atoms with van der Waals surface area (Å²) in [5, 5.41) is 15.9. The van der Waals surface area contributed by atoms with Gasteiger partial charge >= 0.3 is 5.00 Å². The Bertz CT molecular complexity index is 638. The first-order chi connectivity index (χ1) is 9.95. The summed E-state index contributed by atoms with van der Waals surface area (Å²) in [5.41, 5.74) is 2.99. The van der Waals surface area contributed by atoms with Crippen molar-refractivity contribution in [3.8, 4) is 5.75 Å². The maximum absolute atomic E-state index is 10.6. The molecule has 0 amide bonds. The molecule has 2 aromatic rings. The molecule has 1 heterocycles. The van der Waals surface area contributed by atoms with Gasteiger partial charge in [0.15, 0.2) is 0 Å². The summed E-state index contributed by atoms with van der Waals surface area (Å²) >= 11 is 1.15. The lowest BCUT2D eigenvalue weighted by molar-refractivity contribution is -0.380.